The number of primary amides is 1. The zero-order chi connectivity index (χ0) is 21.4. The highest BCUT2D eigenvalue weighted by Gasteiger charge is 2.22. The minimum Gasteiger partial charge on any atom is -0.443 e. The van der Waals surface area contributed by atoms with E-state index in [9.17, 15) is 9.59 Å². The summed E-state index contributed by atoms with van der Waals surface area (Å²) in [6.45, 7) is 0.387. The van der Waals surface area contributed by atoms with Crippen molar-refractivity contribution in [2.45, 2.75) is 35.9 Å². The highest BCUT2D eigenvalue weighted by atomic mass is 35.6. The number of carbonyl (C=O) groups is 2. The summed E-state index contributed by atoms with van der Waals surface area (Å²) in [5.41, 5.74) is 12.7. The number of halogens is 3. The Balaban J connectivity index is 2.13. The number of aliphatic imine (C=N–C) groups is 1. The molecule has 0 spiro atoms. The van der Waals surface area contributed by atoms with Crippen molar-refractivity contribution in [2.75, 3.05) is 24.6 Å². The monoisotopic (exact) mass is 462 g/mol. The molecule has 0 radical (unpaired) electrons. The molecule has 29 heavy (non-hydrogen) atoms. The SMILES string of the molecule is NC(=O)CN(CC1CCCCC1)c1cccc(C(N)=NC(=O)OCC(Cl)(Cl)Cl)c1. The molecule has 1 aliphatic carbocycles. The number of amidine groups is 1. The normalized spacial score (nSPS) is 15.8. The first kappa shape index (κ1) is 23.6. The summed E-state index contributed by atoms with van der Waals surface area (Å²) >= 11 is 16.6. The van der Waals surface area contributed by atoms with Crippen molar-refractivity contribution in [1.29, 1.82) is 0 Å². The van der Waals surface area contributed by atoms with Crippen molar-refractivity contribution in [2.24, 2.45) is 22.4 Å². The number of alkyl halides is 3. The molecule has 10 heteroatoms. The van der Waals surface area contributed by atoms with Gasteiger partial charge in [0.1, 0.15) is 12.4 Å². The molecule has 0 atom stereocenters. The van der Waals surface area contributed by atoms with E-state index in [0.29, 0.717) is 11.5 Å². The van der Waals surface area contributed by atoms with Crippen molar-refractivity contribution >= 4 is 58.3 Å². The Bertz CT molecular complexity index is 746. The van der Waals surface area contributed by atoms with Gasteiger partial charge in [0.05, 0.1) is 6.54 Å². The fourth-order valence-corrected chi connectivity index (χ4v) is 3.50. The van der Waals surface area contributed by atoms with Crippen LogP contribution in [0.2, 0.25) is 0 Å². The maximum absolute atomic E-state index is 11.8. The molecular formula is C19H25Cl3N4O3. The summed E-state index contributed by atoms with van der Waals surface area (Å²) < 4.78 is 3.03. The zero-order valence-corrected chi connectivity index (χ0v) is 18.2. The van der Waals surface area contributed by atoms with E-state index in [1.165, 1.54) is 19.3 Å². The first-order valence-corrected chi connectivity index (χ1v) is 10.5. The second-order valence-electron chi connectivity index (χ2n) is 7.07. The van der Waals surface area contributed by atoms with Crippen LogP contribution in [0.3, 0.4) is 0 Å². The van der Waals surface area contributed by atoms with Crippen LogP contribution in [0.15, 0.2) is 29.3 Å². The molecule has 0 bridgehead atoms. The van der Waals surface area contributed by atoms with E-state index in [-0.39, 0.29) is 12.4 Å². The van der Waals surface area contributed by atoms with Crippen LogP contribution in [-0.4, -0.2) is 41.3 Å². The van der Waals surface area contributed by atoms with Gasteiger partial charge in [-0.05, 0) is 30.9 Å². The molecule has 1 aromatic carbocycles. The van der Waals surface area contributed by atoms with Crippen LogP contribution in [0.4, 0.5) is 10.5 Å². The van der Waals surface area contributed by atoms with Gasteiger partial charge < -0.3 is 21.1 Å². The van der Waals surface area contributed by atoms with E-state index in [1.807, 2.05) is 11.0 Å². The summed E-state index contributed by atoms with van der Waals surface area (Å²) in [4.78, 5) is 29.0. The third kappa shape index (κ3) is 8.68. The van der Waals surface area contributed by atoms with Crippen LogP contribution in [0.1, 0.15) is 37.7 Å². The zero-order valence-electron chi connectivity index (χ0n) is 16.0. The van der Waals surface area contributed by atoms with Gasteiger partial charge in [-0.1, -0.05) is 66.2 Å². The molecule has 0 saturated heterocycles. The number of hydrogen-bond acceptors (Lipinski definition) is 4. The number of carbonyl (C=O) groups excluding carboxylic acids is 2. The molecule has 1 aromatic rings. The standard InChI is InChI=1S/C19H25Cl3N4O3/c20-19(21,22)12-29-18(28)25-17(24)14-7-4-8-15(9-14)26(11-16(23)27)10-13-5-2-1-3-6-13/h4,7-9,13H,1-3,5-6,10-12H2,(H2,23,27)(H2,24,25,28). The lowest BCUT2D eigenvalue weighted by Gasteiger charge is -2.30. The van der Waals surface area contributed by atoms with Crippen LogP contribution < -0.4 is 16.4 Å². The van der Waals surface area contributed by atoms with Gasteiger partial charge >= 0.3 is 6.09 Å². The lowest BCUT2D eigenvalue weighted by Crippen LogP contribution is -2.37. The van der Waals surface area contributed by atoms with Gasteiger partial charge in [0.2, 0.25) is 9.70 Å². The molecule has 1 aliphatic rings. The Labute approximate surface area is 185 Å². The third-order valence-corrected chi connectivity index (χ3v) is 4.96. The maximum atomic E-state index is 11.8. The second-order valence-corrected chi connectivity index (χ2v) is 9.58. The number of hydrogen-bond donors (Lipinski definition) is 2. The average Bonchev–Trinajstić information content (AvgIpc) is 2.66. The Morgan fingerprint density at radius 1 is 1.17 bits per heavy atom. The summed E-state index contributed by atoms with van der Waals surface area (Å²) in [7, 11) is 0. The molecule has 0 heterocycles. The molecular weight excluding hydrogens is 439 g/mol. The van der Waals surface area contributed by atoms with E-state index in [4.69, 9.17) is 51.0 Å². The lowest BCUT2D eigenvalue weighted by atomic mass is 9.89. The summed E-state index contributed by atoms with van der Waals surface area (Å²) in [6.07, 6.45) is 4.95. The predicted molar refractivity (Wildman–Crippen MR) is 117 cm³/mol. The molecule has 0 unspecified atom stereocenters. The number of ether oxygens (including phenoxy) is 1. The fraction of sp³-hybridized carbons (Fsp3) is 0.526. The van der Waals surface area contributed by atoms with Crippen molar-refractivity contribution in [3.63, 3.8) is 0 Å². The van der Waals surface area contributed by atoms with Crippen molar-refractivity contribution in [3.05, 3.63) is 29.8 Å². The van der Waals surface area contributed by atoms with Crippen LogP contribution in [0.25, 0.3) is 0 Å². The topological polar surface area (TPSA) is 111 Å². The number of rotatable bonds is 7. The molecule has 0 aromatic heterocycles. The van der Waals surface area contributed by atoms with E-state index in [0.717, 1.165) is 25.1 Å². The number of benzene rings is 1. The maximum Gasteiger partial charge on any atom is 0.435 e. The molecule has 1 saturated carbocycles. The smallest absolute Gasteiger partial charge is 0.435 e. The second kappa shape index (κ2) is 10.9. The number of nitrogens with two attached hydrogens (primary N) is 2. The number of amides is 2. The van der Waals surface area contributed by atoms with Crippen LogP contribution in [0, 0.1) is 5.92 Å². The van der Waals surface area contributed by atoms with Crippen LogP contribution in [0.5, 0.6) is 0 Å². The van der Waals surface area contributed by atoms with Crippen molar-refractivity contribution < 1.29 is 14.3 Å². The molecule has 4 N–H and O–H groups in total. The van der Waals surface area contributed by atoms with Gasteiger partial charge in [-0.2, -0.15) is 4.99 Å². The van der Waals surface area contributed by atoms with Gasteiger partial charge in [-0.3, -0.25) is 4.79 Å². The van der Waals surface area contributed by atoms with Gasteiger partial charge in [0, 0.05) is 17.8 Å². The number of nitrogens with zero attached hydrogens (tertiary/aromatic N) is 2. The van der Waals surface area contributed by atoms with E-state index in [1.54, 1.807) is 18.2 Å². The first-order chi connectivity index (χ1) is 13.6. The van der Waals surface area contributed by atoms with Gasteiger partial charge in [0.25, 0.3) is 0 Å². The van der Waals surface area contributed by atoms with Crippen LogP contribution >= 0.6 is 34.8 Å². The largest absolute Gasteiger partial charge is 0.443 e. The Morgan fingerprint density at radius 3 is 2.48 bits per heavy atom. The number of anilines is 1. The summed E-state index contributed by atoms with van der Waals surface area (Å²) in [5.74, 6) is 0.0515. The Hall–Kier alpha value is -1.70. The molecule has 2 rings (SSSR count). The quantitative estimate of drug-likeness (QED) is 0.363. The van der Waals surface area contributed by atoms with E-state index in [2.05, 4.69) is 4.99 Å². The predicted octanol–water partition coefficient (Wildman–Crippen LogP) is 3.77. The van der Waals surface area contributed by atoms with Gasteiger partial charge in [0.15, 0.2) is 0 Å². The van der Waals surface area contributed by atoms with Gasteiger partial charge in [-0.25, -0.2) is 4.79 Å². The Kier molecular flexibility index (Phi) is 8.86. The molecule has 160 valence electrons. The third-order valence-electron chi connectivity index (χ3n) is 4.63. The fourth-order valence-electron chi connectivity index (χ4n) is 3.33. The minimum atomic E-state index is -1.73. The lowest BCUT2D eigenvalue weighted by molar-refractivity contribution is -0.116. The molecule has 2 amide bonds. The Morgan fingerprint density at radius 2 is 1.86 bits per heavy atom. The highest BCUT2D eigenvalue weighted by Crippen LogP contribution is 2.27. The summed E-state index contributed by atoms with van der Waals surface area (Å²) in [5, 5.41) is 0. The molecule has 0 aliphatic heterocycles. The highest BCUT2D eigenvalue weighted by molar-refractivity contribution is 6.67. The molecule has 1 fully saturated rings. The van der Waals surface area contributed by atoms with E-state index >= 15 is 0 Å². The summed E-state index contributed by atoms with van der Waals surface area (Å²) in [6, 6.07) is 7.10. The van der Waals surface area contributed by atoms with E-state index < -0.39 is 22.4 Å². The average molecular weight is 464 g/mol. The van der Waals surface area contributed by atoms with Gasteiger partial charge in [-0.15, -0.1) is 0 Å². The molecule has 7 nitrogen and oxygen atoms in total. The van der Waals surface area contributed by atoms with Crippen molar-refractivity contribution in [3.8, 4) is 0 Å². The van der Waals surface area contributed by atoms with Crippen molar-refractivity contribution in [1.82, 2.24) is 0 Å². The van der Waals surface area contributed by atoms with Crippen LogP contribution in [-0.2, 0) is 9.53 Å². The minimum absolute atomic E-state index is 0.0436. The first-order valence-electron chi connectivity index (χ1n) is 9.35.